The lowest BCUT2D eigenvalue weighted by atomic mass is 9.99. The van der Waals surface area contributed by atoms with Crippen molar-refractivity contribution < 1.29 is 5.11 Å². The summed E-state index contributed by atoms with van der Waals surface area (Å²) in [6.07, 6.45) is 14.7. The van der Waals surface area contributed by atoms with Crippen molar-refractivity contribution in [2.24, 2.45) is 0 Å². The maximum absolute atomic E-state index is 9.84. The molecule has 0 heterocycles. The Morgan fingerprint density at radius 3 is 1.86 bits per heavy atom. The molecule has 0 fully saturated rings. The van der Waals surface area contributed by atoms with E-state index in [9.17, 15) is 5.11 Å². The average Bonchev–Trinajstić information content (AvgIpc) is 2.38. The topological polar surface area (TPSA) is 20.2 Å². The predicted octanol–water partition coefficient (Wildman–Crippen LogP) is 6.12. The van der Waals surface area contributed by atoms with Gasteiger partial charge in [-0.1, -0.05) is 41.0 Å². The van der Waals surface area contributed by atoms with Crippen LogP contribution in [0.2, 0.25) is 0 Å². The summed E-state index contributed by atoms with van der Waals surface area (Å²) in [5.41, 5.74) is 3.55. The first-order valence-corrected chi connectivity index (χ1v) is 8.07. The minimum atomic E-state index is -0.738. The highest BCUT2D eigenvalue weighted by molar-refractivity contribution is 5.06. The fourth-order valence-electron chi connectivity index (χ4n) is 2.05. The minimum absolute atomic E-state index is 0.738. The Labute approximate surface area is 132 Å². The zero-order valence-electron chi connectivity index (χ0n) is 14.7. The predicted molar refractivity (Wildman–Crippen MR) is 95.5 cm³/mol. The van der Waals surface area contributed by atoms with Gasteiger partial charge in [-0.25, -0.2) is 0 Å². The molecule has 0 aromatic rings. The summed E-state index contributed by atoms with van der Waals surface area (Å²) in [5.74, 6) is 0. The van der Waals surface area contributed by atoms with Crippen LogP contribution in [0.3, 0.4) is 0 Å². The molecule has 120 valence electrons. The van der Waals surface area contributed by atoms with Gasteiger partial charge in [0.05, 0.1) is 5.60 Å². The smallest absolute Gasteiger partial charge is 0.0800 e. The Morgan fingerprint density at radius 1 is 0.905 bits per heavy atom. The van der Waals surface area contributed by atoms with Crippen molar-refractivity contribution in [3.8, 4) is 0 Å². The molecule has 1 N–H and O–H groups in total. The second kappa shape index (κ2) is 10.6. The SMILES string of the molecule is C=C[C@@](C)(O)CC/C=C(\C)CC/C=C(\C)CCC=C(C)C. The van der Waals surface area contributed by atoms with Crippen LogP contribution >= 0.6 is 0 Å². The first kappa shape index (κ1) is 19.9. The molecule has 1 atom stereocenters. The van der Waals surface area contributed by atoms with Gasteiger partial charge in [-0.15, -0.1) is 6.58 Å². The number of allylic oxidation sites excluding steroid dienone is 6. The van der Waals surface area contributed by atoms with Crippen molar-refractivity contribution >= 4 is 0 Å². The lowest BCUT2D eigenvalue weighted by Crippen LogP contribution is -2.19. The molecule has 0 saturated carbocycles. The molecule has 0 amide bonds. The van der Waals surface area contributed by atoms with Crippen LogP contribution in [0.15, 0.2) is 47.6 Å². The monoisotopic (exact) mass is 290 g/mol. The Kier molecular flexibility index (Phi) is 10.1. The van der Waals surface area contributed by atoms with Gasteiger partial charge in [0, 0.05) is 0 Å². The van der Waals surface area contributed by atoms with Crippen LogP contribution < -0.4 is 0 Å². The van der Waals surface area contributed by atoms with Gasteiger partial charge in [-0.3, -0.25) is 0 Å². The molecule has 0 aliphatic carbocycles. The third-order valence-electron chi connectivity index (χ3n) is 3.71. The zero-order chi connectivity index (χ0) is 16.3. The summed E-state index contributed by atoms with van der Waals surface area (Å²) in [7, 11) is 0. The van der Waals surface area contributed by atoms with Crippen molar-refractivity contribution in [2.45, 2.75) is 78.7 Å². The van der Waals surface area contributed by atoms with E-state index in [-0.39, 0.29) is 0 Å². The molecule has 21 heavy (non-hydrogen) atoms. The van der Waals surface area contributed by atoms with E-state index in [0.717, 1.165) is 38.5 Å². The molecule has 0 aliphatic rings. The van der Waals surface area contributed by atoms with E-state index < -0.39 is 5.60 Å². The summed E-state index contributed by atoms with van der Waals surface area (Å²) >= 11 is 0. The Hall–Kier alpha value is -1.08. The van der Waals surface area contributed by atoms with Crippen molar-refractivity contribution in [3.05, 3.63) is 47.6 Å². The van der Waals surface area contributed by atoms with E-state index in [0.29, 0.717) is 0 Å². The highest BCUT2D eigenvalue weighted by Crippen LogP contribution is 2.16. The van der Waals surface area contributed by atoms with Crippen molar-refractivity contribution in [1.82, 2.24) is 0 Å². The molecule has 1 heteroatoms. The van der Waals surface area contributed by atoms with Crippen LogP contribution in [0.25, 0.3) is 0 Å². The van der Waals surface area contributed by atoms with Crippen LogP contribution in [0.1, 0.15) is 73.1 Å². The van der Waals surface area contributed by atoms with E-state index >= 15 is 0 Å². The van der Waals surface area contributed by atoms with Gasteiger partial charge in [-0.2, -0.15) is 0 Å². The van der Waals surface area contributed by atoms with Crippen molar-refractivity contribution in [1.29, 1.82) is 0 Å². The lowest BCUT2D eigenvalue weighted by Gasteiger charge is -2.16. The van der Waals surface area contributed by atoms with Crippen LogP contribution in [-0.2, 0) is 0 Å². The molecule has 1 nitrogen and oxygen atoms in total. The Morgan fingerprint density at radius 2 is 1.38 bits per heavy atom. The third kappa shape index (κ3) is 12.4. The van der Waals surface area contributed by atoms with Gasteiger partial charge in [0.25, 0.3) is 0 Å². The fourth-order valence-corrected chi connectivity index (χ4v) is 2.05. The number of aliphatic hydroxyl groups is 1. The second-order valence-corrected chi connectivity index (χ2v) is 6.56. The molecule has 0 rings (SSSR count). The maximum atomic E-state index is 9.84. The van der Waals surface area contributed by atoms with Gasteiger partial charge in [0.2, 0.25) is 0 Å². The average molecular weight is 290 g/mol. The van der Waals surface area contributed by atoms with Crippen LogP contribution in [0.5, 0.6) is 0 Å². The first-order valence-electron chi connectivity index (χ1n) is 8.07. The van der Waals surface area contributed by atoms with Gasteiger partial charge >= 0.3 is 0 Å². The van der Waals surface area contributed by atoms with Crippen LogP contribution in [-0.4, -0.2) is 10.7 Å². The Balaban J connectivity index is 3.99. The van der Waals surface area contributed by atoms with Crippen molar-refractivity contribution in [3.63, 3.8) is 0 Å². The number of hydrogen-bond donors (Lipinski definition) is 1. The quantitative estimate of drug-likeness (QED) is 0.480. The van der Waals surface area contributed by atoms with Crippen LogP contribution in [0.4, 0.5) is 0 Å². The van der Waals surface area contributed by atoms with Crippen LogP contribution in [0, 0.1) is 0 Å². The van der Waals surface area contributed by atoms with E-state index in [4.69, 9.17) is 0 Å². The summed E-state index contributed by atoms with van der Waals surface area (Å²) in [5, 5.41) is 9.84. The van der Waals surface area contributed by atoms with Crippen molar-refractivity contribution in [2.75, 3.05) is 0 Å². The summed E-state index contributed by atoms with van der Waals surface area (Å²) in [6.45, 7) is 14.2. The second-order valence-electron chi connectivity index (χ2n) is 6.56. The molecular formula is C20H34O. The lowest BCUT2D eigenvalue weighted by molar-refractivity contribution is 0.103. The number of hydrogen-bond acceptors (Lipinski definition) is 1. The highest BCUT2D eigenvalue weighted by Gasteiger charge is 2.13. The van der Waals surface area contributed by atoms with E-state index in [1.54, 1.807) is 6.08 Å². The zero-order valence-corrected chi connectivity index (χ0v) is 14.7. The summed E-state index contributed by atoms with van der Waals surface area (Å²) in [4.78, 5) is 0. The third-order valence-corrected chi connectivity index (χ3v) is 3.71. The van der Waals surface area contributed by atoms with Gasteiger partial charge < -0.3 is 5.11 Å². The van der Waals surface area contributed by atoms with E-state index in [2.05, 4.69) is 52.5 Å². The molecule has 0 aromatic carbocycles. The summed E-state index contributed by atoms with van der Waals surface area (Å²) in [6, 6.07) is 0. The first-order chi connectivity index (χ1) is 9.76. The van der Waals surface area contributed by atoms with Gasteiger partial charge in [-0.05, 0) is 73.1 Å². The fraction of sp³-hybridized carbons (Fsp3) is 0.600. The van der Waals surface area contributed by atoms with E-state index in [1.165, 1.54) is 16.7 Å². The van der Waals surface area contributed by atoms with E-state index in [1.807, 2.05) is 6.92 Å². The molecule has 0 bridgehead atoms. The molecule has 0 aromatic heterocycles. The molecule has 0 saturated heterocycles. The largest absolute Gasteiger partial charge is 0.386 e. The molecule has 0 unspecified atom stereocenters. The molecule has 0 radical (unpaired) electrons. The maximum Gasteiger partial charge on any atom is 0.0800 e. The summed E-state index contributed by atoms with van der Waals surface area (Å²) < 4.78 is 0. The van der Waals surface area contributed by atoms with Gasteiger partial charge in [0.1, 0.15) is 0 Å². The molecular weight excluding hydrogens is 256 g/mol. The van der Waals surface area contributed by atoms with Gasteiger partial charge in [0.15, 0.2) is 0 Å². The number of rotatable bonds is 10. The Bertz CT molecular complexity index is 390. The minimum Gasteiger partial charge on any atom is -0.386 e. The highest BCUT2D eigenvalue weighted by atomic mass is 16.3. The standard InChI is InChI=1S/C20H34O/c1-7-20(6,21)16-10-15-19(5)14-9-13-18(4)12-8-11-17(2)3/h7,11,13,15,21H,1,8-10,12,14,16H2,2-6H3/b18-13+,19-15+/t20-/m1/s1. The molecule has 0 aliphatic heterocycles. The molecule has 0 spiro atoms. The normalized spacial score (nSPS) is 15.5.